The molecule has 0 radical (unpaired) electrons. The number of aliphatic hydroxyl groups excluding tert-OH is 1. The van der Waals surface area contributed by atoms with E-state index in [1.54, 1.807) is 0 Å². The molecular formula is C15H24N2O. The lowest BCUT2D eigenvalue weighted by atomic mass is 9.98. The molecular weight excluding hydrogens is 224 g/mol. The zero-order chi connectivity index (χ0) is 13.1. The molecule has 3 N–H and O–H groups in total. The van der Waals surface area contributed by atoms with Gasteiger partial charge in [-0.15, -0.1) is 0 Å². The summed E-state index contributed by atoms with van der Waals surface area (Å²) in [6.45, 7) is 6.21. The Hall–Kier alpha value is -0.900. The van der Waals surface area contributed by atoms with Gasteiger partial charge in [0, 0.05) is 18.6 Å². The Morgan fingerprint density at radius 3 is 2.78 bits per heavy atom. The molecule has 0 bridgehead atoms. The molecule has 0 aliphatic carbocycles. The van der Waals surface area contributed by atoms with E-state index in [1.807, 2.05) is 0 Å². The van der Waals surface area contributed by atoms with Crippen molar-refractivity contribution in [1.29, 1.82) is 0 Å². The van der Waals surface area contributed by atoms with Crippen molar-refractivity contribution < 1.29 is 5.11 Å². The smallest absolute Gasteiger partial charge is 0.0589 e. The van der Waals surface area contributed by atoms with Crippen LogP contribution in [0.25, 0.3) is 0 Å². The lowest BCUT2D eigenvalue weighted by Crippen LogP contribution is -2.41. The summed E-state index contributed by atoms with van der Waals surface area (Å²) in [6.07, 6.45) is 1.15. The van der Waals surface area contributed by atoms with E-state index >= 15 is 0 Å². The molecule has 0 saturated carbocycles. The highest BCUT2D eigenvalue weighted by atomic mass is 16.3. The van der Waals surface area contributed by atoms with Crippen molar-refractivity contribution in [2.75, 3.05) is 19.7 Å². The molecule has 1 saturated heterocycles. The monoisotopic (exact) mass is 248 g/mol. The molecule has 1 aliphatic heterocycles. The summed E-state index contributed by atoms with van der Waals surface area (Å²) in [5, 5.41) is 9.58. The van der Waals surface area contributed by atoms with Crippen molar-refractivity contribution in [2.24, 2.45) is 11.7 Å². The number of hydrogen-bond acceptors (Lipinski definition) is 3. The van der Waals surface area contributed by atoms with Crippen molar-refractivity contribution in [3.8, 4) is 0 Å². The molecule has 0 amide bonds. The van der Waals surface area contributed by atoms with Crippen LogP contribution in [0.3, 0.4) is 0 Å². The zero-order valence-electron chi connectivity index (χ0n) is 11.3. The molecule has 3 heteroatoms. The van der Waals surface area contributed by atoms with Crippen LogP contribution in [0.1, 0.15) is 30.5 Å². The minimum Gasteiger partial charge on any atom is -0.395 e. The maximum atomic E-state index is 9.58. The molecule has 100 valence electrons. The van der Waals surface area contributed by atoms with Crippen LogP contribution in [0.5, 0.6) is 0 Å². The Morgan fingerprint density at radius 2 is 2.17 bits per heavy atom. The van der Waals surface area contributed by atoms with Gasteiger partial charge in [-0.2, -0.15) is 0 Å². The van der Waals surface area contributed by atoms with E-state index in [0.717, 1.165) is 13.0 Å². The van der Waals surface area contributed by atoms with Crippen molar-refractivity contribution in [3.63, 3.8) is 0 Å². The van der Waals surface area contributed by atoms with Gasteiger partial charge in [0.2, 0.25) is 0 Å². The van der Waals surface area contributed by atoms with Gasteiger partial charge in [-0.05, 0) is 36.9 Å². The van der Waals surface area contributed by atoms with E-state index < -0.39 is 0 Å². The highest BCUT2D eigenvalue weighted by Crippen LogP contribution is 2.33. The van der Waals surface area contributed by atoms with Gasteiger partial charge in [-0.3, -0.25) is 4.90 Å². The first-order valence-corrected chi connectivity index (χ1v) is 6.81. The largest absolute Gasteiger partial charge is 0.395 e. The van der Waals surface area contributed by atoms with Crippen LogP contribution >= 0.6 is 0 Å². The second kappa shape index (κ2) is 5.83. The zero-order valence-corrected chi connectivity index (χ0v) is 11.3. The fraction of sp³-hybridized carbons (Fsp3) is 0.600. The molecule has 3 atom stereocenters. The van der Waals surface area contributed by atoms with E-state index in [-0.39, 0.29) is 18.7 Å². The SMILES string of the molecule is Cc1ccccc1C(CN)N1CCC(C)C1CO. The molecule has 1 heterocycles. The van der Waals surface area contributed by atoms with Crippen LogP contribution < -0.4 is 5.73 Å². The van der Waals surface area contributed by atoms with Crippen molar-refractivity contribution in [2.45, 2.75) is 32.4 Å². The molecule has 1 aliphatic rings. The highest BCUT2D eigenvalue weighted by molar-refractivity contribution is 5.29. The Kier molecular flexibility index (Phi) is 4.38. The van der Waals surface area contributed by atoms with Gasteiger partial charge in [0.1, 0.15) is 0 Å². The van der Waals surface area contributed by atoms with E-state index in [9.17, 15) is 5.11 Å². The van der Waals surface area contributed by atoms with Gasteiger partial charge in [-0.25, -0.2) is 0 Å². The summed E-state index contributed by atoms with van der Waals surface area (Å²) < 4.78 is 0. The summed E-state index contributed by atoms with van der Waals surface area (Å²) in [6, 6.07) is 8.89. The number of nitrogens with two attached hydrogens (primary N) is 1. The fourth-order valence-corrected chi connectivity index (χ4v) is 3.11. The summed E-state index contributed by atoms with van der Waals surface area (Å²) in [4.78, 5) is 2.38. The van der Waals surface area contributed by atoms with Gasteiger partial charge in [-0.1, -0.05) is 31.2 Å². The average Bonchev–Trinajstić information content (AvgIpc) is 2.74. The lowest BCUT2D eigenvalue weighted by molar-refractivity contribution is 0.105. The maximum absolute atomic E-state index is 9.58. The number of rotatable bonds is 4. The molecule has 0 aromatic heterocycles. The van der Waals surface area contributed by atoms with Gasteiger partial charge >= 0.3 is 0 Å². The first-order valence-electron chi connectivity index (χ1n) is 6.81. The van der Waals surface area contributed by atoms with Crippen molar-refractivity contribution in [3.05, 3.63) is 35.4 Å². The summed E-state index contributed by atoms with van der Waals surface area (Å²) in [5.41, 5.74) is 8.57. The van der Waals surface area contributed by atoms with Gasteiger partial charge in [0.05, 0.1) is 6.61 Å². The van der Waals surface area contributed by atoms with E-state index in [2.05, 4.69) is 43.0 Å². The van der Waals surface area contributed by atoms with Crippen LogP contribution in [-0.2, 0) is 0 Å². The third-order valence-corrected chi connectivity index (χ3v) is 4.28. The molecule has 18 heavy (non-hydrogen) atoms. The van der Waals surface area contributed by atoms with Crippen LogP contribution in [0.2, 0.25) is 0 Å². The number of nitrogens with zero attached hydrogens (tertiary/aromatic N) is 1. The van der Waals surface area contributed by atoms with Crippen LogP contribution in [0, 0.1) is 12.8 Å². The Labute approximate surface area is 110 Å². The molecule has 3 nitrogen and oxygen atoms in total. The van der Waals surface area contributed by atoms with E-state index in [0.29, 0.717) is 12.5 Å². The first-order chi connectivity index (χ1) is 8.69. The van der Waals surface area contributed by atoms with Crippen molar-refractivity contribution in [1.82, 2.24) is 4.90 Å². The summed E-state index contributed by atoms with van der Waals surface area (Å²) in [5.74, 6) is 0.549. The Bertz CT molecular complexity index is 394. The first kappa shape index (κ1) is 13.5. The predicted octanol–water partition coefficient (Wildman–Crippen LogP) is 1.70. The van der Waals surface area contributed by atoms with Gasteiger partial charge in [0.15, 0.2) is 0 Å². The standard InChI is InChI=1S/C15H24N2O/c1-11-5-3-4-6-13(11)14(9-16)17-8-7-12(2)15(17)10-18/h3-6,12,14-15,18H,7-10,16H2,1-2H3. The number of likely N-dealkylation sites (tertiary alicyclic amines) is 1. The molecule has 1 fully saturated rings. The Balaban J connectivity index is 2.26. The minimum absolute atomic E-state index is 0.226. The van der Waals surface area contributed by atoms with Crippen LogP contribution in [0.15, 0.2) is 24.3 Å². The number of hydrogen-bond donors (Lipinski definition) is 2. The normalized spacial score (nSPS) is 26.4. The topological polar surface area (TPSA) is 49.5 Å². The summed E-state index contributed by atoms with van der Waals surface area (Å²) in [7, 11) is 0. The van der Waals surface area contributed by atoms with Crippen LogP contribution in [-0.4, -0.2) is 35.7 Å². The quantitative estimate of drug-likeness (QED) is 0.852. The van der Waals surface area contributed by atoms with Crippen LogP contribution in [0.4, 0.5) is 0 Å². The third kappa shape index (κ3) is 2.44. The van der Waals surface area contributed by atoms with Crippen molar-refractivity contribution >= 4 is 0 Å². The fourth-order valence-electron chi connectivity index (χ4n) is 3.11. The molecule has 1 aromatic carbocycles. The highest BCUT2D eigenvalue weighted by Gasteiger charge is 2.35. The van der Waals surface area contributed by atoms with Gasteiger partial charge < -0.3 is 10.8 Å². The number of aryl methyl sites for hydroxylation is 1. The number of benzene rings is 1. The molecule has 0 spiro atoms. The molecule has 2 rings (SSSR count). The minimum atomic E-state index is 0.226. The number of aliphatic hydroxyl groups is 1. The molecule has 1 aromatic rings. The average molecular weight is 248 g/mol. The predicted molar refractivity (Wildman–Crippen MR) is 74.3 cm³/mol. The maximum Gasteiger partial charge on any atom is 0.0589 e. The second-order valence-corrected chi connectivity index (χ2v) is 5.36. The van der Waals surface area contributed by atoms with Gasteiger partial charge in [0.25, 0.3) is 0 Å². The third-order valence-electron chi connectivity index (χ3n) is 4.28. The Morgan fingerprint density at radius 1 is 1.44 bits per heavy atom. The molecule has 3 unspecified atom stereocenters. The summed E-state index contributed by atoms with van der Waals surface area (Å²) >= 11 is 0. The van der Waals surface area contributed by atoms with E-state index in [4.69, 9.17) is 5.73 Å². The van der Waals surface area contributed by atoms with E-state index in [1.165, 1.54) is 11.1 Å². The lowest BCUT2D eigenvalue weighted by Gasteiger charge is -2.33. The second-order valence-electron chi connectivity index (χ2n) is 5.36.